The minimum atomic E-state index is -3.79. The Balaban J connectivity index is 1.72. The molecule has 3 rings (SSSR count). The summed E-state index contributed by atoms with van der Waals surface area (Å²) in [6, 6.07) is 10.4. The number of anilines is 1. The Bertz CT molecular complexity index is 1020. The first-order chi connectivity index (χ1) is 12.6. The number of hydrogen-bond donors (Lipinski definition) is 3. The Morgan fingerprint density at radius 1 is 1.26 bits per heavy atom. The van der Waals surface area contributed by atoms with E-state index in [9.17, 15) is 18.0 Å². The number of primary sulfonamides is 1. The van der Waals surface area contributed by atoms with Gasteiger partial charge in [0, 0.05) is 11.6 Å². The molecule has 1 atom stereocenters. The van der Waals surface area contributed by atoms with Gasteiger partial charge in [-0.1, -0.05) is 23.7 Å². The highest BCUT2D eigenvalue weighted by atomic mass is 35.5. The Labute approximate surface area is 160 Å². The number of nitrogens with one attached hydrogen (secondary N) is 2. The van der Waals surface area contributed by atoms with Crippen LogP contribution in [0.15, 0.2) is 47.4 Å². The number of ether oxygens (including phenoxy) is 1. The molecule has 1 heterocycles. The van der Waals surface area contributed by atoms with Gasteiger partial charge in [-0.3, -0.25) is 9.59 Å². The molecule has 0 radical (unpaired) electrons. The highest BCUT2D eigenvalue weighted by Crippen LogP contribution is 2.35. The summed E-state index contributed by atoms with van der Waals surface area (Å²) in [5.74, 6) is -0.940. The number of amides is 2. The molecule has 1 unspecified atom stereocenters. The first-order valence-corrected chi connectivity index (χ1v) is 9.72. The number of carbonyl (C=O) groups excluding carboxylic acids is 2. The zero-order valence-corrected chi connectivity index (χ0v) is 15.7. The van der Waals surface area contributed by atoms with E-state index in [1.165, 1.54) is 37.3 Å². The molecule has 8 nitrogen and oxygen atoms in total. The topological polar surface area (TPSA) is 128 Å². The molecule has 142 valence electrons. The molecule has 10 heteroatoms. The largest absolute Gasteiger partial charge is 0.466 e. The van der Waals surface area contributed by atoms with Crippen molar-refractivity contribution in [3.05, 3.63) is 53.1 Å². The van der Waals surface area contributed by atoms with Crippen molar-refractivity contribution in [3.63, 3.8) is 0 Å². The maximum absolute atomic E-state index is 12.6. The van der Waals surface area contributed by atoms with Gasteiger partial charge >= 0.3 is 0 Å². The van der Waals surface area contributed by atoms with E-state index in [-0.39, 0.29) is 11.4 Å². The first-order valence-electron chi connectivity index (χ1n) is 7.80. The molecule has 27 heavy (non-hydrogen) atoms. The number of carbonyl (C=O) groups is 2. The van der Waals surface area contributed by atoms with Crippen molar-refractivity contribution in [2.75, 3.05) is 5.32 Å². The third-order valence-corrected chi connectivity index (χ3v) is 5.24. The molecule has 0 saturated carbocycles. The second kappa shape index (κ2) is 6.84. The lowest BCUT2D eigenvalue weighted by molar-refractivity contribution is -0.146. The third-order valence-electron chi connectivity index (χ3n) is 4.08. The molecule has 0 spiro atoms. The molecule has 1 aliphatic heterocycles. The van der Waals surface area contributed by atoms with Crippen LogP contribution in [0.25, 0.3) is 0 Å². The van der Waals surface area contributed by atoms with Crippen LogP contribution in [0.3, 0.4) is 0 Å². The lowest BCUT2D eigenvalue weighted by Gasteiger charge is -2.33. The summed E-state index contributed by atoms with van der Waals surface area (Å²) in [6.45, 7) is 1.43. The van der Waals surface area contributed by atoms with Crippen LogP contribution in [0.2, 0.25) is 5.02 Å². The van der Waals surface area contributed by atoms with Gasteiger partial charge in [-0.05, 0) is 42.8 Å². The van der Waals surface area contributed by atoms with Crippen LogP contribution in [0.1, 0.15) is 12.5 Å². The fraction of sp³-hybridized carbons (Fsp3) is 0.176. The van der Waals surface area contributed by atoms with E-state index >= 15 is 0 Å². The number of benzene rings is 2. The molecule has 4 N–H and O–H groups in total. The molecular weight excluding hydrogens is 394 g/mol. The van der Waals surface area contributed by atoms with E-state index in [1.54, 1.807) is 12.1 Å². The van der Waals surface area contributed by atoms with Crippen molar-refractivity contribution in [3.8, 4) is 5.75 Å². The van der Waals surface area contributed by atoms with Crippen LogP contribution in [-0.2, 0) is 26.2 Å². The minimum Gasteiger partial charge on any atom is -0.466 e. The van der Waals surface area contributed by atoms with Gasteiger partial charge in [0.15, 0.2) is 0 Å². The smallest absolute Gasteiger partial charge is 0.278 e. The summed E-state index contributed by atoms with van der Waals surface area (Å²) in [6.07, 6.45) is 0. The maximum Gasteiger partial charge on any atom is 0.278 e. The van der Waals surface area contributed by atoms with Gasteiger partial charge in [0.05, 0.1) is 10.6 Å². The summed E-state index contributed by atoms with van der Waals surface area (Å²) < 4.78 is 28.1. The fourth-order valence-corrected chi connectivity index (χ4v) is 3.18. The predicted octanol–water partition coefficient (Wildman–Crippen LogP) is 1.39. The molecule has 0 saturated heterocycles. The van der Waals surface area contributed by atoms with Gasteiger partial charge in [0.1, 0.15) is 5.75 Å². The van der Waals surface area contributed by atoms with Gasteiger partial charge < -0.3 is 15.4 Å². The predicted molar refractivity (Wildman–Crippen MR) is 98.8 cm³/mol. The van der Waals surface area contributed by atoms with Crippen LogP contribution in [-0.4, -0.2) is 25.8 Å². The SMILES string of the molecule is CC1(C(=O)NCc2ccc(S(N)(=O)=O)cc2)Oc2ccc(Cl)cc2NC1=O. The molecule has 0 aliphatic carbocycles. The van der Waals surface area contributed by atoms with Crippen molar-refractivity contribution in [1.82, 2.24) is 5.32 Å². The van der Waals surface area contributed by atoms with Crippen molar-refractivity contribution in [2.45, 2.75) is 24.0 Å². The molecule has 2 amide bonds. The summed E-state index contributed by atoms with van der Waals surface area (Å²) >= 11 is 5.88. The van der Waals surface area contributed by atoms with Gasteiger partial charge in [-0.25, -0.2) is 13.6 Å². The van der Waals surface area contributed by atoms with Gasteiger partial charge in [-0.15, -0.1) is 0 Å². The Kier molecular flexibility index (Phi) is 4.85. The van der Waals surface area contributed by atoms with Crippen LogP contribution in [0, 0.1) is 0 Å². The number of halogens is 1. The van der Waals surface area contributed by atoms with Crippen molar-refractivity contribution >= 4 is 39.1 Å². The first kappa shape index (κ1) is 19.2. The van der Waals surface area contributed by atoms with E-state index in [0.717, 1.165) is 0 Å². The Hall–Kier alpha value is -2.62. The molecular formula is C17H16ClN3O5S. The second-order valence-electron chi connectivity index (χ2n) is 6.10. The standard InChI is InChI=1S/C17H16ClN3O5S/c1-17(16(23)21-13-8-11(18)4-7-14(13)26-17)15(22)20-9-10-2-5-12(6-3-10)27(19,24)25/h2-8H,9H2,1H3,(H,20,22)(H,21,23)(H2,19,24,25). The summed E-state index contributed by atoms with van der Waals surface area (Å²) in [5, 5.41) is 10.7. The zero-order valence-electron chi connectivity index (χ0n) is 14.2. The average molecular weight is 410 g/mol. The normalized spacial score (nSPS) is 18.9. The molecule has 0 bridgehead atoms. The highest BCUT2D eigenvalue weighted by Gasteiger charge is 2.47. The molecule has 2 aromatic rings. The van der Waals surface area contributed by atoms with E-state index in [0.29, 0.717) is 22.0 Å². The molecule has 2 aromatic carbocycles. The second-order valence-corrected chi connectivity index (χ2v) is 8.10. The summed E-state index contributed by atoms with van der Waals surface area (Å²) in [5.41, 5.74) is -0.749. The van der Waals surface area contributed by atoms with Gasteiger partial charge in [-0.2, -0.15) is 0 Å². The van der Waals surface area contributed by atoms with Gasteiger partial charge in [0.2, 0.25) is 10.0 Å². The average Bonchev–Trinajstić information content (AvgIpc) is 2.60. The minimum absolute atomic E-state index is 0.0326. The van der Waals surface area contributed by atoms with Crippen LogP contribution < -0.4 is 20.5 Å². The molecule has 0 fully saturated rings. The molecule has 1 aliphatic rings. The number of nitrogens with two attached hydrogens (primary N) is 1. The summed E-state index contributed by atoms with van der Waals surface area (Å²) in [4.78, 5) is 24.9. The number of sulfonamides is 1. The maximum atomic E-state index is 12.6. The quantitative estimate of drug-likeness (QED) is 0.657. The highest BCUT2D eigenvalue weighted by molar-refractivity contribution is 7.89. The lowest BCUT2D eigenvalue weighted by Crippen LogP contribution is -2.58. The van der Waals surface area contributed by atoms with E-state index in [2.05, 4.69) is 10.6 Å². The van der Waals surface area contributed by atoms with E-state index in [4.69, 9.17) is 21.5 Å². The number of rotatable bonds is 4. The van der Waals surface area contributed by atoms with Crippen molar-refractivity contribution in [1.29, 1.82) is 0 Å². The van der Waals surface area contributed by atoms with E-state index in [1.807, 2.05) is 0 Å². The monoisotopic (exact) mass is 409 g/mol. The fourth-order valence-electron chi connectivity index (χ4n) is 2.49. The van der Waals surface area contributed by atoms with E-state index < -0.39 is 27.4 Å². The molecule has 0 aromatic heterocycles. The van der Waals surface area contributed by atoms with Crippen molar-refractivity contribution < 1.29 is 22.7 Å². The Morgan fingerprint density at radius 2 is 1.93 bits per heavy atom. The van der Waals surface area contributed by atoms with Gasteiger partial charge in [0.25, 0.3) is 17.4 Å². The number of fused-ring (bicyclic) bond motifs is 1. The van der Waals surface area contributed by atoms with Crippen LogP contribution in [0.4, 0.5) is 5.69 Å². The van der Waals surface area contributed by atoms with Crippen molar-refractivity contribution in [2.24, 2.45) is 5.14 Å². The number of hydrogen-bond acceptors (Lipinski definition) is 5. The third kappa shape index (κ3) is 3.90. The van der Waals surface area contributed by atoms with Crippen LogP contribution >= 0.6 is 11.6 Å². The van der Waals surface area contributed by atoms with Crippen LogP contribution in [0.5, 0.6) is 5.75 Å². The lowest BCUT2D eigenvalue weighted by atomic mass is 10.0. The zero-order chi connectivity index (χ0) is 19.8. The summed E-state index contributed by atoms with van der Waals surface area (Å²) in [7, 11) is -3.79. The Morgan fingerprint density at radius 3 is 2.56 bits per heavy atom.